The Hall–Kier alpha value is -1.75. The molecule has 0 fully saturated rings. The van der Waals surface area contributed by atoms with Crippen LogP contribution in [0.2, 0.25) is 0 Å². The van der Waals surface area contributed by atoms with E-state index in [0.29, 0.717) is 13.0 Å². The topological polar surface area (TPSA) is 56.8 Å². The summed E-state index contributed by atoms with van der Waals surface area (Å²) in [5.74, 6) is 1.37. The van der Waals surface area contributed by atoms with Crippen molar-refractivity contribution in [2.75, 3.05) is 13.9 Å². The predicted octanol–water partition coefficient (Wildman–Crippen LogP) is 2.87. The molecule has 2 rings (SSSR count). The van der Waals surface area contributed by atoms with Gasteiger partial charge in [0.25, 0.3) is 0 Å². The maximum absolute atomic E-state index is 11.6. The Kier molecular flexibility index (Phi) is 5.29. The van der Waals surface area contributed by atoms with Crippen molar-refractivity contribution in [2.24, 2.45) is 5.41 Å². The van der Waals surface area contributed by atoms with E-state index >= 15 is 0 Å². The van der Waals surface area contributed by atoms with Gasteiger partial charge in [-0.2, -0.15) is 0 Å². The quantitative estimate of drug-likeness (QED) is 0.819. The SMILES string of the molecule is COC(=O)CC(CC(C)(C)C)NCc1ccc2c(c1)OCO2. The van der Waals surface area contributed by atoms with Gasteiger partial charge in [0.15, 0.2) is 11.5 Å². The van der Waals surface area contributed by atoms with Gasteiger partial charge in [0.05, 0.1) is 13.5 Å². The summed E-state index contributed by atoms with van der Waals surface area (Å²) < 4.78 is 15.5. The highest BCUT2D eigenvalue weighted by atomic mass is 16.7. The molecule has 0 saturated carbocycles. The largest absolute Gasteiger partial charge is 0.469 e. The van der Waals surface area contributed by atoms with E-state index in [4.69, 9.17) is 14.2 Å². The van der Waals surface area contributed by atoms with Crippen LogP contribution in [0.1, 0.15) is 39.2 Å². The van der Waals surface area contributed by atoms with Crippen molar-refractivity contribution in [3.8, 4) is 11.5 Å². The minimum absolute atomic E-state index is 0.0814. The number of esters is 1. The van der Waals surface area contributed by atoms with Crippen LogP contribution in [0, 0.1) is 5.41 Å². The second-order valence-electron chi connectivity index (χ2n) is 6.81. The molecule has 5 heteroatoms. The Morgan fingerprint density at radius 3 is 2.73 bits per heavy atom. The number of rotatable bonds is 6. The van der Waals surface area contributed by atoms with E-state index in [1.54, 1.807) is 0 Å². The van der Waals surface area contributed by atoms with Gasteiger partial charge < -0.3 is 19.5 Å². The number of carbonyl (C=O) groups excluding carboxylic acids is 1. The minimum Gasteiger partial charge on any atom is -0.469 e. The summed E-state index contributed by atoms with van der Waals surface area (Å²) >= 11 is 0. The zero-order valence-corrected chi connectivity index (χ0v) is 13.8. The van der Waals surface area contributed by atoms with Crippen molar-refractivity contribution in [1.82, 2.24) is 5.32 Å². The van der Waals surface area contributed by atoms with Gasteiger partial charge in [0.1, 0.15) is 0 Å². The lowest BCUT2D eigenvalue weighted by Gasteiger charge is -2.26. The highest BCUT2D eigenvalue weighted by Crippen LogP contribution is 2.32. The molecule has 0 aromatic heterocycles. The molecule has 122 valence electrons. The summed E-state index contributed by atoms with van der Waals surface area (Å²) in [6, 6.07) is 5.98. The lowest BCUT2D eigenvalue weighted by molar-refractivity contribution is -0.141. The molecule has 1 aliphatic rings. The molecular weight excluding hydrogens is 282 g/mol. The van der Waals surface area contributed by atoms with Crippen molar-refractivity contribution >= 4 is 5.97 Å². The first-order valence-corrected chi connectivity index (χ1v) is 7.56. The van der Waals surface area contributed by atoms with Gasteiger partial charge in [-0.3, -0.25) is 4.79 Å². The second-order valence-corrected chi connectivity index (χ2v) is 6.81. The summed E-state index contributed by atoms with van der Waals surface area (Å²) in [5.41, 5.74) is 1.24. The Bertz CT molecular complexity index is 522. The normalized spacial score (nSPS) is 14.7. The fraction of sp³-hybridized carbons (Fsp3) is 0.588. The molecule has 1 atom stereocenters. The van der Waals surface area contributed by atoms with Crippen LogP contribution in [-0.4, -0.2) is 25.9 Å². The summed E-state index contributed by atoms with van der Waals surface area (Å²) in [7, 11) is 1.42. The molecule has 1 unspecified atom stereocenters. The van der Waals surface area contributed by atoms with Crippen molar-refractivity contribution in [2.45, 2.75) is 46.2 Å². The average molecular weight is 307 g/mol. The van der Waals surface area contributed by atoms with E-state index in [1.807, 2.05) is 18.2 Å². The lowest BCUT2D eigenvalue weighted by Crippen LogP contribution is -2.34. The molecule has 0 bridgehead atoms. The third-order valence-electron chi connectivity index (χ3n) is 3.53. The molecule has 1 heterocycles. The van der Waals surface area contributed by atoms with Gasteiger partial charge in [0.2, 0.25) is 6.79 Å². The monoisotopic (exact) mass is 307 g/mol. The number of nitrogens with one attached hydrogen (secondary N) is 1. The van der Waals surface area contributed by atoms with Crippen molar-refractivity contribution in [1.29, 1.82) is 0 Å². The van der Waals surface area contributed by atoms with E-state index in [1.165, 1.54) is 7.11 Å². The van der Waals surface area contributed by atoms with Gasteiger partial charge >= 0.3 is 5.97 Å². The zero-order valence-electron chi connectivity index (χ0n) is 13.8. The van der Waals surface area contributed by atoms with Crippen molar-refractivity contribution in [3.05, 3.63) is 23.8 Å². The molecule has 22 heavy (non-hydrogen) atoms. The van der Waals surface area contributed by atoms with E-state index in [9.17, 15) is 4.79 Å². The Balaban J connectivity index is 1.96. The maximum Gasteiger partial charge on any atom is 0.307 e. The lowest BCUT2D eigenvalue weighted by atomic mass is 9.87. The zero-order chi connectivity index (χ0) is 16.2. The second kappa shape index (κ2) is 7.01. The highest BCUT2D eigenvalue weighted by Gasteiger charge is 2.21. The minimum atomic E-state index is -0.188. The molecule has 1 N–H and O–H groups in total. The van der Waals surface area contributed by atoms with Gasteiger partial charge in [-0.15, -0.1) is 0 Å². The molecule has 0 saturated heterocycles. The first-order chi connectivity index (χ1) is 10.4. The van der Waals surface area contributed by atoms with E-state index < -0.39 is 0 Å². The third-order valence-corrected chi connectivity index (χ3v) is 3.53. The van der Waals surface area contributed by atoms with E-state index in [-0.39, 0.29) is 24.2 Å². The van der Waals surface area contributed by atoms with E-state index in [2.05, 4.69) is 26.1 Å². The Morgan fingerprint density at radius 1 is 1.32 bits per heavy atom. The van der Waals surface area contributed by atoms with Crippen molar-refractivity contribution in [3.63, 3.8) is 0 Å². The van der Waals surface area contributed by atoms with Gasteiger partial charge in [-0.25, -0.2) is 0 Å². The number of hydrogen-bond acceptors (Lipinski definition) is 5. The van der Waals surface area contributed by atoms with Crippen LogP contribution in [-0.2, 0) is 16.1 Å². The Labute approximate surface area is 131 Å². The molecule has 0 amide bonds. The Morgan fingerprint density at radius 2 is 2.05 bits per heavy atom. The standard InChI is InChI=1S/C17H25NO4/c1-17(2,3)9-13(8-16(19)20-4)18-10-12-5-6-14-15(7-12)22-11-21-14/h5-7,13,18H,8-11H2,1-4H3. The van der Waals surface area contributed by atoms with Crippen LogP contribution in [0.4, 0.5) is 0 Å². The molecule has 5 nitrogen and oxygen atoms in total. The molecule has 0 aliphatic carbocycles. The summed E-state index contributed by atoms with van der Waals surface area (Å²) in [6.45, 7) is 7.45. The maximum atomic E-state index is 11.6. The van der Waals surface area contributed by atoms with Gasteiger partial charge in [0, 0.05) is 12.6 Å². The van der Waals surface area contributed by atoms with Gasteiger partial charge in [-0.05, 0) is 29.5 Å². The van der Waals surface area contributed by atoms with E-state index in [0.717, 1.165) is 23.5 Å². The van der Waals surface area contributed by atoms with Crippen LogP contribution in [0.3, 0.4) is 0 Å². The summed E-state index contributed by atoms with van der Waals surface area (Å²) in [4.78, 5) is 11.6. The van der Waals surface area contributed by atoms with Crippen molar-refractivity contribution < 1.29 is 19.0 Å². The number of carbonyl (C=O) groups is 1. The fourth-order valence-corrected chi connectivity index (χ4v) is 2.55. The first-order valence-electron chi connectivity index (χ1n) is 7.56. The van der Waals surface area contributed by atoms with Crippen LogP contribution in [0.15, 0.2) is 18.2 Å². The molecule has 1 aromatic rings. The fourth-order valence-electron chi connectivity index (χ4n) is 2.55. The van der Waals surface area contributed by atoms with Crippen LogP contribution >= 0.6 is 0 Å². The first kappa shape index (κ1) is 16.6. The predicted molar refractivity (Wildman–Crippen MR) is 83.9 cm³/mol. The highest BCUT2D eigenvalue weighted by molar-refractivity contribution is 5.69. The number of benzene rings is 1. The smallest absolute Gasteiger partial charge is 0.307 e. The molecule has 1 aliphatic heterocycles. The number of methoxy groups -OCH3 is 1. The van der Waals surface area contributed by atoms with Crippen LogP contribution in [0.25, 0.3) is 0 Å². The summed E-state index contributed by atoms with van der Waals surface area (Å²) in [6.07, 6.45) is 1.27. The molecular formula is C17H25NO4. The van der Waals surface area contributed by atoms with Crippen LogP contribution < -0.4 is 14.8 Å². The number of fused-ring (bicyclic) bond motifs is 1. The third kappa shape index (κ3) is 4.91. The van der Waals surface area contributed by atoms with Gasteiger partial charge in [-0.1, -0.05) is 26.8 Å². The average Bonchev–Trinajstić information content (AvgIpc) is 2.90. The molecule has 1 aromatic carbocycles. The number of ether oxygens (including phenoxy) is 3. The molecule has 0 radical (unpaired) electrons. The number of hydrogen-bond donors (Lipinski definition) is 1. The molecule has 0 spiro atoms. The van der Waals surface area contributed by atoms with Crippen LogP contribution in [0.5, 0.6) is 11.5 Å². The summed E-state index contributed by atoms with van der Waals surface area (Å²) in [5, 5.41) is 3.45.